The lowest BCUT2D eigenvalue weighted by Crippen LogP contribution is -2.24. The van der Waals surface area contributed by atoms with Crippen LogP contribution in [0.15, 0.2) is 42.5 Å². The zero-order valence-corrected chi connectivity index (χ0v) is 13.8. The topological polar surface area (TPSA) is 70.2 Å². The van der Waals surface area contributed by atoms with E-state index in [9.17, 15) is 14.0 Å². The van der Waals surface area contributed by atoms with Crippen LogP contribution in [0.3, 0.4) is 0 Å². The standard InChI is InChI=1S/C17H17ClFN3O2/c1-2-20-17(24)11-4-3-5-13(8-11)22-16(23)10-21-15-7-6-12(19)9-14(15)18/h3-9,21H,2,10H2,1H3,(H,20,24)(H,22,23). The molecule has 2 aromatic rings. The van der Waals surface area contributed by atoms with Crippen LogP contribution in [0.2, 0.25) is 5.02 Å². The van der Waals surface area contributed by atoms with Gasteiger partial charge in [-0.3, -0.25) is 9.59 Å². The van der Waals surface area contributed by atoms with Gasteiger partial charge in [0.1, 0.15) is 5.82 Å². The van der Waals surface area contributed by atoms with Crippen molar-refractivity contribution in [3.05, 3.63) is 58.9 Å². The van der Waals surface area contributed by atoms with Crippen LogP contribution in [0.25, 0.3) is 0 Å². The molecule has 5 nitrogen and oxygen atoms in total. The van der Waals surface area contributed by atoms with Crippen molar-refractivity contribution in [2.45, 2.75) is 6.92 Å². The molecule has 0 saturated heterocycles. The van der Waals surface area contributed by atoms with Crippen LogP contribution < -0.4 is 16.0 Å². The molecule has 0 aliphatic carbocycles. The summed E-state index contributed by atoms with van der Waals surface area (Å²) in [5.41, 5.74) is 1.43. The summed E-state index contributed by atoms with van der Waals surface area (Å²) in [4.78, 5) is 23.8. The second-order valence-corrected chi connectivity index (χ2v) is 5.37. The first-order valence-corrected chi connectivity index (χ1v) is 7.74. The Kier molecular flexibility index (Phi) is 6.14. The van der Waals surface area contributed by atoms with E-state index in [2.05, 4.69) is 16.0 Å². The fourth-order valence-corrected chi connectivity index (χ4v) is 2.25. The highest BCUT2D eigenvalue weighted by Gasteiger charge is 2.08. The first kappa shape index (κ1) is 17.7. The van der Waals surface area contributed by atoms with E-state index in [1.54, 1.807) is 24.3 Å². The SMILES string of the molecule is CCNC(=O)c1cccc(NC(=O)CNc2ccc(F)cc2Cl)c1. The third-order valence-electron chi connectivity index (χ3n) is 3.12. The summed E-state index contributed by atoms with van der Waals surface area (Å²) in [6, 6.07) is 10.5. The van der Waals surface area contributed by atoms with E-state index < -0.39 is 5.82 Å². The average molecular weight is 350 g/mol. The molecule has 7 heteroatoms. The van der Waals surface area contributed by atoms with Gasteiger partial charge in [-0.05, 0) is 43.3 Å². The molecule has 0 unspecified atom stereocenters. The molecule has 0 atom stereocenters. The molecule has 2 amide bonds. The number of benzene rings is 2. The third-order valence-corrected chi connectivity index (χ3v) is 3.43. The van der Waals surface area contributed by atoms with Gasteiger partial charge in [-0.25, -0.2) is 4.39 Å². The number of rotatable bonds is 6. The average Bonchev–Trinajstić information content (AvgIpc) is 2.54. The summed E-state index contributed by atoms with van der Waals surface area (Å²) in [7, 11) is 0. The summed E-state index contributed by atoms with van der Waals surface area (Å²) in [6.07, 6.45) is 0. The van der Waals surface area contributed by atoms with Gasteiger partial charge in [0.2, 0.25) is 5.91 Å². The lowest BCUT2D eigenvalue weighted by Gasteiger charge is -2.10. The number of hydrogen-bond acceptors (Lipinski definition) is 3. The number of hydrogen-bond donors (Lipinski definition) is 3. The maximum atomic E-state index is 13.0. The van der Waals surface area contributed by atoms with E-state index in [-0.39, 0.29) is 23.4 Å². The highest BCUT2D eigenvalue weighted by molar-refractivity contribution is 6.33. The maximum Gasteiger partial charge on any atom is 0.251 e. The predicted octanol–water partition coefficient (Wildman–Crippen LogP) is 3.28. The molecule has 0 fully saturated rings. The molecule has 2 rings (SSSR count). The summed E-state index contributed by atoms with van der Waals surface area (Å²) in [5, 5.41) is 8.40. The van der Waals surface area contributed by atoms with E-state index in [1.165, 1.54) is 12.1 Å². The van der Waals surface area contributed by atoms with E-state index in [0.717, 1.165) is 6.07 Å². The van der Waals surface area contributed by atoms with Gasteiger partial charge < -0.3 is 16.0 Å². The van der Waals surface area contributed by atoms with Crippen molar-refractivity contribution in [3.63, 3.8) is 0 Å². The molecular formula is C17H17ClFN3O2. The van der Waals surface area contributed by atoms with Crippen LogP contribution in [-0.2, 0) is 4.79 Å². The Morgan fingerprint density at radius 2 is 1.96 bits per heavy atom. The number of nitrogens with one attached hydrogen (secondary N) is 3. The second kappa shape index (κ2) is 8.31. The molecule has 2 aromatic carbocycles. The van der Waals surface area contributed by atoms with Crippen molar-refractivity contribution in [1.29, 1.82) is 0 Å². The van der Waals surface area contributed by atoms with Gasteiger partial charge in [0.05, 0.1) is 17.3 Å². The lowest BCUT2D eigenvalue weighted by molar-refractivity contribution is -0.114. The van der Waals surface area contributed by atoms with Crippen molar-refractivity contribution in [2.24, 2.45) is 0 Å². The highest BCUT2D eigenvalue weighted by Crippen LogP contribution is 2.22. The minimum absolute atomic E-state index is 0.0449. The Balaban J connectivity index is 1.95. The van der Waals surface area contributed by atoms with Gasteiger partial charge in [-0.1, -0.05) is 17.7 Å². The molecule has 24 heavy (non-hydrogen) atoms. The maximum absolute atomic E-state index is 13.0. The third kappa shape index (κ3) is 4.96. The zero-order chi connectivity index (χ0) is 17.5. The van der Waals surface area contributed by atoms with Gasteiger partial charge in [-0.15, -0.1) is 0 Å². The normalized spacial score (nSPS) is 10.1. The molecule has 0 radical (unpaired) electrons. The highest BCUT2D eigenvalue weighted by atomic mass is 35.5. The molecule has 126 valence electrons. The second-order valence-electron chi connectivity index (χ2n) is 4.97. The van der Waals surface area contributed by atoms with E-state index >= 15 is 0 Å². The fourth-order valence-electron chi connectivity index (χ4n) is 2.01. The van der Waals surface area contributed by atoms with Crippen LogP contribution in [0.1, 0.15) is 17.3 Å². The number of halogens is 2. The predicted molar refractivity (Wildman–Crippen MR) is 93.0 cm³/mol. The largest absolute Gasteiger partial charge is 0.375 e. The van der Waals surface area contributed by atoms with Gasteiger partial charge in [0, 0.05) is 17.8 Å². The van der Waals surface area contributed by atoms with E-state index in [4.69, 9.17) is 11.6 Å². The van der Waals surface area contributed by atoms with Gasteiger partial charge in [0.15, 0.2) is 0 Å². The quantitative estimate of drug-likeness (QED) is 0.749. The van der Waals surface area contributed by atoms with Crippen LogP contribution >= 0.6 is 11.6 Å². The fraction of sp³-hybridized carbons (Fsp3) is 0.176. The Morgan fingerprint density at radius 1 is 1.17 bits per heavy atom. The van der Waals surface area contributed by atoms with Crippen LogP contribution in [0.4, 0.5) is 15.8 Å². The van der Waals surface area contributed by atoms with Crippen molar-refractivity contribution in [3.8, 4) is 0 Å². The summed E-state index contributed by atoms with van der Waals surface area (Å²) in [6.45, 7) is 2.31. The van der Waals surface area contributed by atoms with Crippen molar-refractivity contribution < 1.29 is 14.0 Å². The molecule has 0 bridgehead atoms. The van der Waals surface area contributed by atoms with E-state index in [0.29, 0.717) is 23.5 Å². The molecule has 0 heterocycles. The number of anilines is 2. The summed E-state index contributed by atoms with van der Waals surface area (Å²) in [5.74, 6) is -0.967. The molecular weight excluding hydrogens is 333 g/mol. The molecule has 0 saturated carbocycles. The lowest BCUT2D eigenvalue weighted by atomic mass is 10.2. The van der Waals surface area contributed by atoms with Crippen molar-refractivity contribution in [1.82, 2.24) is 5.32 Å². The van der Waals surface area contributed by atoms with Gasteiger partial charge in [-0.2, -0.15) is 0 Å². The van der Waals surface area contributed by atoms with Crippen molar-refractivity contribution in [2.75, 3.05) is 23.7 Å². The summed E-state index contributed by atoms with van der Waals surface area (Å²) >= 11 is 5.88. The molecule has 0 aliphatic rings. The molecule has 0 spiro atoms. The smallest absolute Gasteiger partial charge is 0.251 e. The van der Waals surface area contributed by atoms with Crippen molar-refractivity contribution >= 4 is 34.8 Å². The minimum Gasteiger partial charge on any atom is -0.375 e. The van der Waals surface area contributed by atoms with E-state index in [1.807, 2.05) is 6.92 Å². The Bertz CT molecular complexity index is 752. The summed E-state index contributed by atoms with van der Waals surface area (Å²) < 4.78 is 13.0. The molecule has 3 N–H and O–H groups in total. The molecule has 0 aliphatic heterocycles. The van der Waals surface area contributed by atoms with Crippen LogP contribution in [-0.4, -0.2) is 24.9 Å². The number of carbonyl (C=O) groups excluding carboxylic acids is 2. The molecule has 0 aromatic heterocycles. The number of amides is 2. The zero-order valence-electron chi connectivity index (χ0n) is 13.0. The Morgan fingerprint density at radius 3 is 2.67 bits per heavy atom. The van der Waals surface area contributed by atoms with Crippen LogP contribution in [0.5, 0.6) is 0 Å². The minimum atomic E-state index is -0.447. The Labute approximate surface area is 144 Å². The first-order valence-electron chi connectivity index (χ1n) is 7.36. The van der Waals surface area contributed by atoms with Gasteiger partial charge in [0.25, 0.3) is 5.91 Å². The first-order chi connectivity index (χ1) is 11.5. The monoisotopic (exact) mass is 349 g/mol. The van der Waals surface area contributed by atoms with Crippen LogP contribution in [0, 0.1) is 5.82 Å². The number of carbonyl (C=O) groups is 2. The Hall–Kier alpha value is -2.60. The van der Waals surface area contributed by atoms with Gasteiger partial charge >= 0.3 is 0 Å².